The van der Waals surface area contributed by atoms with Gasteiger partial charge in [-0.3, -0.25) is 4.79 Å². The summed E-state index contributed by atoms with van der Waals surface area (Å²) in [5.74, 6) is -0.879. The molecule has 0 saturated heterocycles. The van der Waals surface area contributed by atoms with Gasteiger partial charge < -0.3 is 15.2 Å². The second-order valence-electron chi connectivity index (χ2n) is 7.59. The second kappa shape index (κ2) is 7.60. The zero-order valence-electron chi connectivity index (χ0n) is 16.8. The Bertz CT molecular complexity index is 1090. The molecule has 3 aromatic rings. The molecule has 0 fully saturated rings. The van der Waals surface area contributed by atoms with Gasteiger partial charge in [-0.05, 0) is 50.5 Å². The van der Waals surface area contributed by atoms with E-state index in [1.807, 2.05) is 6.92 Å². The number of aliphatic hydroxyl groups is 1. The molecule has 1 amide bonds. The van der Waals surface area contributed by atoms with Crippen molar-refractivity contribution in [2.45, 2.75) is 45.7 Å². The minimum atomic E-state index is -4.81. The lowest BCUT2D eigenvalue weighted by Gasteiger charge is -2.31. The predicted molar refractivity (Wildman–Crippen MR) is 102 cm³/mol. The van der Waals surface area contributed by atoms with Crippen LogP contribution in [0.2, 0.25) is 0 Å². The third kappa shape index (κ3) is 4.70. The van der Waals surface area contributed by atoms with E-state index in [0.717, 1.165) is 11.6 Å². The highest BCUT2D eigenvalue weighted by molar-refractivity contribution is 5.99. The van der Waals surface area contributed by atoms with E-state index in [0.29, 0.717) is 11.2 Å². The van der Waals surface area contributed by atoms with Crippen molar-refractivity contribution in [3.8, 4) is 5.75 Å². The number of carbonyl (C=O) groups is 1. The van der Waals surface area contributed by atoms with Crippen LogP contribution in [0, 0.1) is 13.8 Å². The van der Waals surface area contributed by atoms with Gasteiger partial charge in [0.25, 0.3) is 5.91 Å². The zero-order valence-corrected chi connectivity index (χ0v) is 16.8. The number of benzene rings is 1. The molecule has 0 spiro atoms. The molecule has 30 heavy (non-hydrogen) atoms. The molecule has 1 aromatic carbocycles. The maximum Gasteiger partial charge on any atom is 0.573 e. The second-order valence-corrected chi connectivity index (χ2v) is 7.59. The van der Waals surface area contributed by atoms with E-state index in [-0.39, 0.29) is 16.9 Å². The minimum absolute atomic E-state index is 0.206. The minimum Gasteiger partial charge on any atom is -0.406 e. The summed E-state index contributed by atoms with van der Waals surface area (Å²) in [6.07, 6.45) is -0.131. The average Bonchev–Trinajstić information content (AvgIpc) is 3.02. The van der Waals surface area contributed by atoms with E-state index in [9.17, 15) is 23.1 Å². The summed E-state index contributed by atoms with van der Waals surface area (Å²) in [6, 6.07) is 3.04. The number of amides is 1. The molecule has 160 valence electrons. The first kappa shape index (κ1) is 21.6. The van der Waals surface area contributed by atoms with Gasteiger partial charge in [0.05, 0.1) is 17.8 Å². The number of aromatic nitrogens is 3. The van der Waals surface area contributed by atoms with Crippen LogP contribution < -0.4 is 10.1 Å². The number of alkyl halides is 3. The van der Waals surface area contributed by atoms with E-state index in [4.69, 9.17) is 0 Å². The summed E-state index contributed by atoms with van der Waals surface area (Å²) >= 11 is 0. The van der Waals surface area contributed by atoms with Crippen molar-refractivity contribution in [1.82, 2.24) is 19.9 Å². The molecule has 10 heteroatoms. The highest BCUT2D eigenvalue weighted by Crippen LogP contribution is 2.32. The Morgan fingerprint density at radius 2 is 1.93 bits per heavy atom. The van der Waals surface area contributed by atoms with Crippen LogP contribution in [0.4, 0.5) is 13.2 Å². The van der Waals surface area contributed by atoms with Crippen LogP contribution in [-0.2, 0) is 0 Å². The summed E-state index contributed by atoms with van der Waals surface area (Å²) in [7, 11) is 0. The lowest BCUT2D eigenvalue weighted by molar-refractivity contribution is -0.274. The monoisotopic (exact) mass is 422 g/mol. The maximum absolute atomic E-state index is 12.9. The molecule has 0 saturated carbocycles. The van der Waals surface area contributed by atoms with Crippen LogP contribution in [0.1, 0.15) is 46.9 Å². The maximum atomic E-state index is 12.9. The molecule has 0 aliphatic rings. The van der Waals surface area contributed by atoms with Gasteiger partial charge in [-0.1, -0.05) is 12.1 Å². The molecule has 0 radical (unpaired) electrons. The van der Waals surface area contributed by atoms with Gasteiger partial charge in [0, 0.05) is 12.4 Å². The van der Waals surface area contributed by atoms with Crippen molar-refractivity contribution in [3.05, 3.63) is 59.0 Å². The number of halogens is 3. The lowest BCUT2D eigenvalue weighted by Crippen LogP contribution is -2.42. The molecule has 2 heterocycles. The van der Waals surface area contributed by atoms with Crippen molar-refractivity contribution < 1.29 is 27.8 Å². The third-order valence-electron chi connectivity index (χ3n) is 4.47. The number of ether oxygens (including phenoxy) is 1. The molecule has 0 aliphatic carbocycles. The molecule has 1 unspecified atom stereocenters. The zero-order chi connectivity index (χ0) is 22.3. The Balaban J connectivity index is 1.91. The number of carbonyl (C=O) groups excluding carboxylic acids is 1. The van der Waals surface area contributed by atoms with Crippen molar-refractivity contribution in [2.75, 3.05) is 0 Å². The van der Waals surface area contributed by atoms with E-state index < -0.39 is 23.9 Å². The van der Waals surface area contributed by atoms with Gasteiger partial charge in [-0.2, -0.15) is 5.10 Å². The third-order valence-corrected chi connectivity index (χ3v) is 4.47. The number of hydrogen-bond donors (Lipinski definition) is 2. The Labute approximate surface area is 170 Å². The first-order valence-electron chi connectivity index (χ1n) is 9.04. The van der Waals surface area contributed by atoms with Gasteiger partial charge in [-0.25, -0.2) is 9.50 Å². The van der Waals surface area contributed by atoms with E-state index in [2.05, 4.69) is 20.1 Å². The van der Waals surface area contributed by atoms with E-state index >= 15 is 0 Å². The van der Waals surface area contributed by atoms with Crippen molar-refractivity contribution in [3.63, 3.8) is 0 Å². The largest absolute Gasteiger partial charge is 0.573 e. The molecule has 0 aliphatic heterocycles. The van der Waals surface area contributed by atoms with Crippen LogP contribution in [0.25, 0.3) is 5.65 Å². The topological polar surface area (TPSA) is 88.8 Å². The molecular weight excluding hydrogens is 401 g/mol. The Morgan fingerprint density at radius 3 is 2.53 bits per heavy atom. The highest BCUT2D eigenvalue weighted by atomic mass is 19.4. The van der Waals surface area contributed by atoms with Gasteiger partial charge >= 0.3 is 6.36 Å². The average molecular weight is 422 g/mol. The summed E-state index contributed by atoms with van der Waals surface area (Å²) < 4.78 is 43.0. The summed E-state index contributed by atoms with van der Waals surface area (Å²) in [5.41, 5.74) is 0.630. The van der Waals surface area contributed by atoms with Crippen LogP contribution in [0.5, 0.6) is 5.75 Å². The molecule has 2 N–H and O–H groups in total. The number of hydrogen-bond acceptors (Lipinski definition) is 5. The fourth-order valence-corrected chi connectivity index (χ4v) is 3.10. The van der Waals surface area contributed by atoms with Crippen molar-refractivity contribution in [1.29, 1.82) is 0 Å². The number of nitrogens with zero attached hydrogens (tertiary/aromatic N) is 3. The van der Waals surface area contributed by atoms with E-state index in [1.54, 1.807) is 12.4 Å². The molecule has 0 bridgehead atoms. The van der Waals surface area contributed by atoms with Crippen LogP contribution in [0.15, 0.2) is 36.8 Å². The SMILES string of the molecule is Cc1cnc2c(C(=O)NC(c3ccc(OC(F)(F)F)c(C)c3)C(C)(C)O)cnn2c1. The lowest BCUT2D eigenvalue weighted by atomic mass is 9.90. The molecule has 3 rings (SSSR count). The number of aryl methyl sites for hydroxylation is 2. The van der Waals surface area contributed by atoms with Gasteiger partial charge in [-0.15, -0.1) is 13.2 Å². The van der Waals surface area contributed by atoms with Gasteiger partial charge in [0.2, 0.25) is 0 Å². The molecule has 2 aromatic heterocycles. The Kier molecular flexibility index (Phi) is 5.46. The molecular formula is C20H21F3N4O3. The predicted octanol–water partition coefficient (Wildman–Crippen LogP) is 3.49. The summed E-state index contributed by atoms with van der Waals surface area (Å²) in [5, 5.41) is 17.5. The first-order valence-corrected chi connectivity index (χ1v) is 9.04. The van der Waals surface area contributed by atoms with Crippen LogP contribution >= 0.6 is 0 Å². The molecule has 1 atom stereocenters. The Morgan fingerprint density at radius 1 is 1.23 bits per heavy atom. The van der Waals surface area contributed by atoms with Crippen molar-refractivity contribution in [2.24, 2.45) is 0 Å². The summed E-state index contributed by atoms with van der Waals surface area (Å²) in [4.78, 5) is 17.1. The summed E-state index contributed by atoms with van der Waals surface area (Å²) in [6.45, 7) is 6.27. The Hall–Kier alpha value is -3.14. The van der Waals surface area contributed by atoms with Gasteiger partial charge in [0.15, 0.2) is 5.65 Å². The number of fused-ring (bicyclic) bond motifs is 1. The first-order chi connectivity index (χ1) is 13.8. The van der Waals surface area contributed by atoms with E-state index in [1.165, 1.54) is 43.6 Å². The standard InChI is InChI=1S/C20H21F3N4O3/c1-11-8-24-17-14(9-25-27(17)10-11)18(28)26-16(19(3,4)29)13-5-6-15(12(2)7-13)30-20(21,22)23/h5-10,16,29H,1-4H3,(H,26,28). The number of rotatable bonds is 5. The fourth-order valence-electron chi connectivity index (χ4n) is 3.10. The van der Waals surface area contributed by atoms with Crippen LogP contribution in [-0.4, -0.2) is 37.6 Å². The number of nitrogens with one attached hydrogen (secondary N) is 1. The fraction of sp³-hybridized carbons (Fsp3) is 0.350. The molecule has 7 nitrogen and oxygen atoms in total. The quantitative estimate of drug-likeness (QED) is 0.657. The van der Waals surface area contributed by atoms with Crippen molar-refractivity contribution >= 4 is 11.6 Å². The smallest absolute Gasteiger partial charge is 0.406 e. The van der Waals surface area contributed by atoms with Crippen LogP contribution in [0.3, 0.4) is 0 Å². The highest BCUT2D eigenvalue weighted by Gasteiger charge is 2.34. The van der Waals surface area contributed by atoms with Gasteiger partial charge in [0.1, 0.15) is 11.3 Å². The normalized spacial score (nSPS) is 13.3.